The molecule has 0 bridgehead atoms. The molecule has 19 heavy (non-hydrogen) atoms. The Balaban J connectivity index is 2.68. The molecule has 1 aliphatic rings. The zero-order valence-electron chi connectivity index (χ0n) is 11.5. The van der Waals surface area contributed by atoms with Crippen LogP contribution in [0.4, 0.5) is 13.2 Å². The summed E-state index contributed by atoms with van der Waals surface area (Å²) in [6, 6.07) is 0. The number of carbonyl (C=O) groups excluding carboxylic acids is 1. The summed E-state index contributed by atoms with van der Waals surface area (Å²) in [5.41, 5.74) is -1.55. The zero-order chi connectivity index (χ0) is 15.1. The Bertz CT molecular complexity index is 335. The quantitative estimate of drug-likeness (QED) is 0.732. The number of nitrogens with zero attached hydrogens (tertiary/aromatic N) is 1. The van der Waals surface area contributed by atoms with Crippen molar-refractivity contribution in [3.8, 4) is 0 Å². The van der Waals surface area contributed by atoms with Crippen molar-refractivity contribution in [3.05, 3.63) is 0 Å². The van der Waals surface area contributed by atoms with Crippen LogP contribution < -0.4 is 0 Å². The fourth-order valence-corrected chi connectivity index (χ4v) is 2.65. The van der Waals surface area contributed by atoms with Crippen molar-refractivity contribution < 1.29 is 27.9 Å². The van der Waals surface area contributed by atoms with E-state index in [2.05, 4.69) is 0 Å². The van der Waals surface area contributed by atoms with Crippen LogP contribution in [0.2, 0.25) is 0 Å². The monoisotopic (exact) mass is 282 g/mol. The van der Waals surface area contributed by atoms with Crippen LogP contribution in [0.15, 0.2) is 0 Å². The Labute approximate surface area is 110 Å². The van der Waals surface area contributed by atoms with Crippen LogP contribution >= 0.6 is 0 Å². The first-order valence-corrected chi connectivity index (χ1v) is 6.07. The first kappa shape index (κ1) is 16.2. The van der Waals surface area contributed by atoms with E-state index >= 15 is 0 Å². The van der Waals surface area contributed by atoms with E-state index in [-0.39, 0.29) is 12.8 Å². The number of piperidine rings is 1. The lowest BCUT2D eigenvalue weighted by atomic mass is 9.80. The van der Waals surface area contributed by atoms with Gasteiger partial charge in [0.2, 0.25) is 0 Å². The highest BCUT2D eigenvalue weighted by Gasteiger charge is 2.47. The van der Waals surface area contributed by atoms with Crippen molar-refractivity contribution in [2.24, 2.45) is 0 Å². The maximum absolute atomic E-state index is 12.1. The molecule has 1 rings (SSSR count). The predicted octanol–water partition coefficient (Wildman–Crippen LogP) is 2.85. The van der Waals surface area contributed by atoms with Gasteiger partial charge in [-0.25, -0.2) is 0 Å². The Morgan fingerprint density at radius 2 is 1.63 bits per heavy atom. The predicted molar refractivity (Wildman–Crippen MR) is 60.5 cm³/mol. The third kappa shape index (κ3) is 4.35. The minimum Gasteiger partial charge on any atom is -0.462 e. The summed E-state index contributed by atoms with van der Waals surface area (Å²) in [6.07, 6.45) is -6.37. The van der Waals surface area contributed by atoms with E-state index < -0.39 is 35.7 Å². The van der Waals surface area contributed by atoms with Gasteiger partial charge in [0.15, 0.2) is 0 Å². The average molecular weight is 282 g/mol. The fraction of sp³-hybridized carbons (Fsp3) is 0.917. The molecular weight excluding hydrogens is 263 g/mol. The molecule has 111 valence electrons. The van der Waals surface area contributed by atoms with Crippen molar-refractivity contribution in [1.29, 1.82) is 0 Å². The van der Waals surface area contributed by atoms with E-state index in [9.17, 15) is 23.2 Å². The maximum atomic E-state index is 12.1. The zero-order valence-corrected chi connectivity index (χ0v) is 11.5. The number of esters is 1. The van der Waals surface area contributed by atoms with Crippen molar-refractivity contribution in [2.75, 3.05) is 0 Å². The molecule has 0 aromatic heterocycles. The Morgan fingerprint density at radius 3 is 2.00 bits per heavy atom. The molecule has 0 unspecified atom stereocenters. The van der Waals surface area contributed by atoms with Crippen molar-refractivity contribution in [1.82, 2.24) is 5.06 Å². The van der Waals surface area contributed by atoms with Gasteiger partial charge in [0.1, 0.15) is 12.5 Å². The summed E-state index contributed by atoms with van der Waals surface area (Å²) < 4.78 is 41.1. The number of alkyl halides is 3. The Kier molecular flexibility index (Phi) is 4.22. The number of ether oxygens (including phenoxy) is 1. The molecule has 1 radical (unpaired) electrons. The third-order valence-electron chi connectivity index (χ3n) is 3.20. The van der Waals surface area contributed by atoms with Crippen LogP contribution in [0.3, 0.4) is 0 Å². The van der Waals surface area contributed by atoms with Crippen LogP contribution in [0.25, 0.3) is 0 Å². The summed E-state index contributed by atoms with van der Waals surface area (Å²) in [6.45, 7) is 6.74. The fourth-order valence-electron chi connectivity index (χ4n) is 2.65. The van der Waals surface area contributed by atoms with Gasteiger partial charge in [-0.3, -0.25) is 4.79 Å². The molecular formula is C12H19F3NO3. The molecule has 0 atom stereocenters. The van der Waals surface area contributed by atoms with Gasteiger partial charge in [-0.05, 0) is 27.7 Å². The Morgan fingerprint density at radius 1 is 1.21 bits per heavy atom. The van der Waals surface area contributed by atoms with Crippen molar-refractivity contribution in [3.63, 3.8) is 0 Å². The molecule has 0 aromatic rings. The van der Waals surface area contributed by atoms with E-state index in [0.717, 1.165) is 5.06 Å². The maximum Gasteiger partial charge on any atom is 0.399 e. The van der Waals surface area contributed by atoms with Gasteiger partial charge in [0, 0.05) is 23.9 Å². The van der Waals surface area contributed by atoms with Crippen LogP contribution in [0.1, 0.15) is 47.0 Å². The standard InChI is InChI=1S/C12H19F3NO3/c1-10(2)5-8(6-11(3,4)16(10)18)19-9(17)7-12(13,14)15/h8H,5-7H2,1-4H3. The number of carbonyl (C=O) groups is 1. The second-order valence-corrected chi connectivity index (χ2v) is 6.23. The summed E-state index contributed by atoms with van der Waals surface area (Å²) >= 11 is 0. The number of hydrogen-bond donors (Lipinski definition) is 0. The second-order valence-electron chi connectivity index (χ2n) is 6.23. The van der Waals surface area contributed by atoms with Crippen molar-refractivity contribution in [2.45, 2.75) is 70.3 Å². The molecule has 0 spiro atoms. The van der Waals surface area contributed by atoms with E-state index in [1.807, 2.05) is 0 Å². The molecule has 0 aliphatic carbocycles. The lowest BCUT2D eigenvalue weighted by Gasteiger charge is -2.49. The summed E-state index contributed by atoms with van der Waals surface area (Å²) in [4.78, 5) is 11.2. The summed E-state index contributed by atoms with van der Waals surface area (Å²) in [7, 11) is 0. The molecule has 1 fully saturated rings. The molecule has 1 saturated heterocycles. The number of hydroxylamine groups is 2. The van der Waals surface area contributed by atoms with E-state index in [4.69, 9.17) is 4.74 Å². The summed E-state index contributed by atoms with van der Waals surface area (Å²) in [5, 5.41) is 12.9. The van der Waals surface area contributed by atoms with Gasteiger partial charge in [-0.1, -0.05) is 0 Å². The molecule has 0 amide bonds. The van der Waals surface area contributed by atoms with E-state index in [1.54, 1.807) is 27.7 Å². The van der Waals surface area contributed by atoms with Gasteiger partial charge in [0.05, 0.1) is 0 Å². The second kappa shape index (κ2) is 4.94. The molecule has 0 aromatic carbocycles. The molecule has 0 N–H and O–H groups in total. The Hall–Kier alpha value is -0.820. The molecule has 1 aliphatic heterocycles. The SMILES string of the molecule is CC1(C)CC(OC(=O)CC(F)(F)F)CC(C)(C)N1[O]. The number of halogens is 3. The topological polar surface area (TPSA) is 49.4 Å². The van der Waals surface area contributed by atoms with Crippen molar-refractivity contribution >= 4 is 5.97 Å². The normalized spacial score (nSPS) is 24.2. The third-order valence-corrected chi connectivity index (χ3v) is 3.20. The van der Waals surface area contributed by atoms with Crippen LogP contribution in [-0.2, 0) is 14.7 Å². The number of rotatable bonds is 2. The van der Waals surface area contributed by atoms with Gasteiger partial charge < -0.3 is 4.74 Å². The lowest BCUT2D eigenvalue weighted by molar-refractivity contribution is -0.299. The smallest absolute Gasteiger partial charge is 0.399 e. The molecule has 1 heterocycles. The van der Waals surface area contributed by atoms with Gasteiger partial charge >= 0.3 is 12.1 Å². The molecule has 4 nitrogen and oxygen atoms in total. The van der Waals surface area contributed by atoms with E-state index in [0.29, 0.717) is 0 Å². The highest BCUT2D eigenvalue weighted by Crippen LogP contribution is 2.38. The van der Waals surface area contributed by atoms with E-state index in [1.165, 1.54) is 0 Å². The van der Waals surface area contributed by atoms with Gasteiger partial charge in [-0.2, -0.15) is 13.2 Å². The van der Waals surface area contributed by atoms with Gasteiger partial charge in [0.25, 0.3) is 0 Å². The highest BCUT2D eigenvalue weighted by atomic mass is 19.4. The number of hydrogen-bond acceptors (Lipinski definition) is 3. The first-order chi connectivity index (χ1) is 8.33. The first-order valence-electron chi connectivity index (χ1n) is 6.07. The minimum absolute atomic E-state index is 0.226. The summed E-state index contributed by atoms with van der Waals surface area (Å²) in [5.74, 6) is -1.29. The molecule has 0 saturated carbocycles. The van der Waals surface area contributed by atoms with Crippen LogP contribution in [0, 0.1) is 0 Å². The minimum atomic E-state index is -4.57. The largest absolute Gasteiger partial charge is 0.462 e. The average Bonchev–Trinajstić information content (AvgIpc) is 2.09. The lowest BCUT2D eigenvalue weighted by Crippen LogP contribution is -2.60. The van der Waals surface area contributed by atoms with Crippen LogP contribution in [0.5, 0.6) is 0 Å². The molecule has 7 heteroatoms. The van der Waals surface area contributed by atoms with Gasteiger partial charge in [-0.15, -0.1) is 10.3 Å². The highest BCUT2D eigenvalue weighted by molar-refractivity contribution is 5.70. The van der Waals surface area contributed by atoms with Crippen LogP contribution in [-0.4, -0.2) is 34.4 Å².